The summed E-state index contributed by atoms with van der Waals surface area (Å²) in [6.45, 7) is 20.9. The molecule has 0 heterocycles. The van der Waals surface area contributed by atoms with Gasteiger partial charge in [-0.25, -0.2) is 0 Å². The van der Waals surface area contributed by atoms with Gasteiger partial charge in [-0.3, -0.25) is 43.2 Å². The molecule has 0 aromatic rings. The number of likely N-dealkylation sites (N-methyl/N-ethyl adjacent to an activating group) is 4. The van der Waals surface area contributed by atoms with E-state index in [4.69, 9.17) is 104 Å². The van der Waals surface area contributed by atoms with Gasteiger partial charge in [-0.1, -0.05) is 34.1 Å². The lowest BCUT2D eigenvalue weighted by Crippen LogP contribution is -2.24. The second-order valence-corrected chi connectivity index (χ2v) is 26.9. The van der Waals surface area contributed by atoms with Crippen LogP contribution in [-0.4, -0.2) is 412 Å². The maximum Gasteiger partial charge on any atom is 0.245 e. The van der Waals surface area contributed by atoms with Crippen molar-refractivity contribution in [3.63, 3.8) is 0 Å². The fourth-order valence-electron chi connectivity index (χ4n) is 8.44. The van der Waals surface area contributed by atoms with E-state index in [0.29, 0.717) is 171 Å². The summed E-state index contributed by atoms with van der Waals surface area (Å²) < 4.78 is 112. The topological polar surface area (TPSA) is 465 Å². The lowest BCUT2D eigenvalue weighted by atomic mass is 10.2. The van der Waals surface area contributed by atoms with Gasteiger partial charge in [0, 0.05) is 285 Å². The predicted molar refractivity (Wildman–Crippen MR) is 508 cm³/mol. The Morgan fingerprint density at radius 3 is 0.585 bits per heavy atom. The molecule has 0 rings (SSSR count). The average Bonchev–Trinajstić information content (AvgIpc) is 1.09. The third kappa shape index (κ3) is 165. The highest BCUT2D eigenvalue weighted by molar-refractivity contribution is 5.78. The lowest BCUT2D eigenvalue weighted by molar-refractivity contribution is -0.126. The van der Waals surface area contributed by atoms with Crippen molar-refractivity contribution in [2.75, 3.05) is 359 Å². The van der Waals surface area contributed by atoms with Gasteiger partial charge in [0.05, 0.1) is 79.3 Å². The Morgan fingerprint density at radius 2 is 0.285 bits per heavy atom. The minimum absolute atomic E-state index is 0. The minimum atomic E-state index is -0.121. The Balaban J connectivity index is -0.000000136. The van der Waals surface area contributed by atoms with E-state index in [0.717, 1.165) is 201 Å². The van der Waals surface area contributed by atoms with Crippen LogP contribution in [-0.2, 0) is 147 Å². The molecule has 40 nitrogen and oxygen atoms in total. The maximum atomic E-state index is 10.8. The van der Waals surface area contributed by atoms with Crippen LogP contribution in [0.2, 0.25) is 0 Å². The van der Waals surface area contributed by atoms with Gasteiger partial charge < -0.3 is 152 Å². The first-order chi connectivity index (χ1) is 62.3. The van der Waals surface area contributed by atoms with Crippen LogP contribution in [0.5, 0.6) is 0 Å². The molecule has 130 heavy (non-hydrogen) atoms. The fraction of sp³-hybridized carbons (Fsp3) is 0.900. The molecule has 0 radical (unpaired) electrons. The van der Waals surface area contributed by atoms with Crippen molar-refractivity contribution in [2.24, 2.45) is 0 Å². The zero-order chi connectivity index (χ0) is 97.2. The van der Waals surface area contributed by atoms with Crippen molar-refractivity contribution in [3.05, 3.63) is 0 Å². The Bertz CT molecular complexity index is 1860. The van der Waals surface area contributed by atoms with E-state index >= 15 is 0 Å². The molecule has 0 saturated heterocycles. The molecule has 0 saturated carbocycles. The highest BCUT2D eigenvalue weighted by atomic mass is 16.6. The highest BCUT2D eigenvalue weighted by Gasteiger charge is 2.05. The SMILES string of the molecule is C.C.CNC(=O)CCCCCOCCOC.CNC(=O)CCCCOCCCOC.CNC(=O)CCCOCCCCOC.CNC(=O)CCOCCCCCOC.CNC(=O)CCOCCOCCOC.CNC(=O)COCCCCCCOC.CNC(=O)COCCCCOCCOC.CNC(=O)COCCCOCCCOC.CNC(=O)COCCOCCCOC. The maximum absolute atomic E-state index is 10.8. The number of unbranched alkanes of at least 4 members (excludes halogenated alkanes) is 10. The Morgan fingerprint density at radius 1 is 0.138 bits per heavy atom. The van der Waals surface area contributed by atoms with Crippen LogP contribution in [0.15, 0.2) is 0 Å². The Kier molecular flexibility index (Phi) is 163. The molecule has 0 atom stereocenters. The molecule has 9 N–H and O–H groups in total. The number of hydrogen-bond acceptors (Lipinski definition) is 31. The summed E-state index contributed by atoms with van der Waals surface area (Å²) in [6.07, 6.45) is 23.3. The van der Waals surface area contributed by atoms with Gasteiger partial charge in [-0.2, -0.15) is 0 Å². The van der Waals surface area contributed by atoms with Crippen LogP contribution in [0.4, 0.5) is 0 Å². The molecule has 0 aliphatic carbocycles. The summed E-state index contributed by atoms with van der Waals surface area (Å²) in [5, 5.41) is 22.8. The first kappa shape index (κ1) is 147. The monoisotopic (exact) mass is 1900 g/mol. The summed E-state index contributed by atoms with van der Waals surface area (Å²) in [5.41, 5.74) is 0. The van der Waals surface area contributed by atoms with Gasteiger partial charge in [-0.15, -0.1) is 0 Å². The molecule has 0 aromatic heterocycles. The second-order valence-electron chi connectivity index (χ2n) is 26.9. The van der Waals surface area contributed by atoms with Crippen LogP contribution >= 0.6 is 0 Å². The third-order valence-corrected chi connectivity index (χ3v) is 16.0. The quantitative estimate of drug-likeness (QED) is 0.0313. The van der Waals surface area contributed by atoms with E-state index < -0.39 is 0 Å². The van der Waals surface area contributed by atoms with Crippen LogP contribution in [0.25, 0.3) is 0 Å². The number of methoxy groups -OCH3 is 9. The van der Waals surface area contributed by atoms with Crippen LogP contribution in [0.3, 0.4) is 0 Å². The molecule has 0 bridgehead atoms. The molecule has 0 aromatic carbocycles. The molecule has 784 valence electrons. The summed E-state index contributed by atoms with van der Waals surface area (Å²) in [4.78, 5) is 96.9. The summed E-state index contributed by atoms with van der Waals surface area (Å²) >= 11 is 0. The van der Waals surface area contributed by atoms with Gasteiger partial charge >= 0.3 is 0 Å². The van der Waals surface area contributed by atoms with Crippen molar-refractivity contribution in [2.45, 2.75) is 182 Å². The molecular weight excluding hydrogens is 1700 g/mol. The zero-order valence-electron chi connectivity index (χ0n) is 82.8. The van der Waals surface area contributed by atoms with Gasteiger partial charge in [-0.05, 0) is 116 Å². The molecule has 0 spiro atoms. The van der Waals surface area contributed by atoms with E-state index in [-0.39, 0.29) is 94.4 Å². The summed E-state index contributed by atoms with van der Waals surface area (Å²) in [5.74, 6) is -0.0616. The number of ether oxygens (including phenoxy) is 22. The smallest absolute Gasteiger partial charge is 0.245 e. The molecule has 0 aliphatic rings. The lowest BCUT2D eigenvalue weighted by Gasteiger charge is -2.04. The summed E-state index contributed by atoms with van der Waals surface area (Å²) in [7, 11) is 29.6. The molecular formula is C90H193N9O31. The van der Waals surface area contributed by atoms with Gasteiger partial charge in [0.2, 0.25) is 53.2 Å². The Hall–Kier alpha value is -5.65. The minimum Gasteiger partial charge on any atom is -0.385 e. The van der Waals surface area contributed by atoms with Crippen LogP contribution in [0, 0.1) is 0 Å². The van der Waals surface area contributed by atoms with Crippen LogP contribution in [0.1, 0.15) is 182 Å². The van der Waals surface area contributed by atoms with Crippen LogP contribution < -0.4 is 47.9 Å². The Labute approximate surface area is 785 Å². The molecule has 40 heteroatoms. The standard InChI is InChI=1S/2C10H21NO4.5C10H21NO3.2C9H19NO4.2CH4/c1-11-10(12)9-15-8-4-7-14-6-3-5-13-2;1-11-10(12)9-15-6-4-3-5-14-8-7-13-2;1-11-10(12)6-5-9-14-8-4-3-7-13-2;1-11-10(12)6-3-4-8-14-9-5-7-13-2;1-11-10(12)6-9-14-8-5-3-4-7-13-2;1-11-10(12)6-4-3-5-7-14-9-8-13-2;1-11-10(12)9-14-8-6-4-3-5-7-13-2;1-10-9(11)3-4-13-7-8-14-6-5-12-2;1-10-9(11)8-14-7-6-13-5-3-4-12-2;;/h2*3-9H2,1-2H3,(H,11,12);5*3-9H2,1-2H3,(H,11,12);2*3-8H2,1-2H3,(H,10,11);2*1H4. The van der Waals surface area contributed by atoms with E-state index in [9.17, 15) is 43.2 Å². The fourth-order valence-corrected chi connectivity index (χ4v) is 8.44. The second kappa shape index (κ2) is 144. The van der Waals surface area contributed by atoms with Crippen molar-refractivity contribution in [1.82, 2.24) is 47.9 Å². The third-order valence-electron chi connectivity index (χ3n) is 16.0. The van der Waals surface area contributed by atoms with Crippen molar-refractivity contribution >= 4 is 53.2 Å². The first-order valence-electron chi connectivity index (χ1n) is 45.0. The molecule has 0 fully saturated rings. The number of hydrogen-bond donors (Lipinski definition) is 9. The number of amides is 9. The van der Waals surface area contributed by atoms with Crippen molar-refractivity contribution < 1.29 is 147 Å². The summed E-state index contributed by atoms with van der Waals surface area (Å²) in [6, 6.07) is 0. The first-order valence-corrected chi connectivity index (χ1v) is 45.0. The van der Waals surface area contributed by atoms with Crippen molar-refractivity contribution in [1.29, 1.82) is 0 Å². The molecule has 0 unspecified atom stereocenters. The zero-order valence-corrected chi connectivity index (χ0v) is 82.8. The largest absolute Gasteiger partial charge is 0.385 e. The number of nitrogens with one attached hydrogen (secondary N) is 9. The highest BCUT2D eigenvalue weighted by Crippen LogP contribution is 2.03. The number of rotatable bonds is 83. The van der Waals surface area contributed by atoms with E-state index in [2.05, 4.69) is 47.9 Å². The normalized spacial score (nSPS) is 10.0. The molecule has 9 amide bonds. The van der Waals surface area contributed by atoms with Crippen molar-refractivity contribution in [3.8, 4) is 0 Å². The predicted octanol–water partition coefficient (Wildman–Crippen LogP) is 6.04. The van der Waals surface area contributed by atoms with E-state index in [1.807, 2.05) is 0 Å². The van der Waals surface area contributed by atoms with Gasteiger partial charge in [0.1, 0.15) is 26.4 Å². The number of carbonyl (C=O) groups excluding carboxylic acids is 9. The number of carbonyl (C=O) groups is 9. The van der Waals surface area contributed by atoms with Gasteiger partial charge in [0.15, 0.2) is 0 Å². The van der Waals surface area contributed by atoms with Gasteiger partial charge in [0.25, 0.3) is 0 Å². The average molecular weight is 1900 g/mol. The molecule has 0 aliphatic heterocycles. The van der Waals surface area contributed by atoms with E-state index in [1.54, 1.807) is 127 Å². The van der Waals surface area contributed by atoms with E-state index in [1.165, 1.54) is 0 Å².